The number of aliphatic imine (C=N–C) groups is 1. The predicted octanol–water partition coefficient (Wildman–Crippen LogP) is 1.40. The molecule has 0 bridgehead atoms. The third kappa shape index (κ3) is 4.08. The number of thioether (sulfide) groups is 1. The van der Waals surface area contributed by atoms with E-state index in [-0.39, 0.29) is 5.44 Å². The zero-order chi connectivity index (χ0) is 13.0. The Morgan fingerprint density at radius 3 is 2.59 bits per heavy atom. The Bertz CT molecular complexity index is 277. The van der Waals surface area contributed by atoms with Crippen molar-refractivity contribution in [2.24, 2.45) is 4.99 Å². The minimum absolute atomic E-state index is 0.330. The van der Waals surface area contributed by atoms with Crippen molar-refractivity contribution in [1.29, 1.82) is 0 Å². The van der Waals surface area contributed by atoms with Crippen molar-refractivity contribution >= 4 is 16.9 Å². The molecule has 17 heavy (non-hydrogen) atoms. The number of aliphatic hydroxyl groups excluding tert-OH is 1. The van der Waals surface area contributed by atoms with Crippen LogP contribution in [0.1, 0.15) is 12.8 Å². The lowest BCUT2D eigenvalue weighted by Crippen LogP contribution is -2.43. The molecule has 1 rings (SSSR count). The largest absolute Gasteiger partial charge is 0.390 e. The van der Waals surface area contributed by atoms with Crippen molar-refractivity contribution in [2.45, 2.75) is 36.9 Å². The average Bonchev–Trinajstić information content (AvgIpc) is 2.27. The van der Waals surface area contributed by atoms with Gasteiger partial charge in [-0.3, -0.25) is 4.99 Å². The van der Waals surface area contributed by atoms with Crippen LogP contribution in [0.2, 0.25) is 0 Å². The quantitative estimate of drug-likeness (QED) is 0.607. The predicted molar refractivity (Wildman–Crippen MR) is 64.5 cm³/mol. The number of amidine groups is 1. The van der Waals surface area contributed by atoms with Gasteiger partial charge in [-0.15, -0.1) is 0 Å². The molecule has 1 fully saturated rings. The van der Waals surface area contributed by atoms with Crippen molar-refractivity contribution in [3.05, 3.63) is 0 Å². The van der Waals surface area contributed by atoms with Gasteiger partial charge in [-0.1, -0.05) is 11.8 Å². The van der Waals surface area contributed by atoms with E-state index in [1.165, 1.54) is 11.8 Å². The SMILES string of the molecule is CN=C(SC1CCC(O)C(C(F)F)O1)N(C)C. The fourth-order valence-electron chi connectivity index (χ4n) is 1.59. The second-order valence-corrected chi connectivity index (χ2v) is 5.15. The smallest absolute Gasteiger partial charge is 0.266 e. The molecule has 7 heteroatoms. The van der Waals surface area contributed by atoms with E-state index in [1.807, 2.05) is 14.1 Å². The van der Waals surface area contributed by atoms with Gasteiger partial charge in [-0.2, -0.15) is 0 Å². The molecule has 1 aliphatic heterocycles. The number of rotatable bonds is 2. The maximum absolute atomic E-state index is 12.6. The van der Waals surface area contributed by atoms with Crippen LogP contribution in [0.4, 0.5) is 8.78 Å². The van der Waals surface area contributed by atoms with Crippen LogP contribution in [0.3, 0.4) is 0 Å². The average molecular weight is 268 g/mol. The van der Waals surface area contributed by atoms with Gasteiger partial charge in [0.2, 0.25) is 0 Å². The highest BCUT2D eigenvalue weighted by molar-refractivity contribution is 8.14. The van der Waals surface area contributed by atoms with Crippen molar-refractivity contribution in [2.75, 3.05) is 21.1 Å². The molecule has 0 radical (unpaired) electrons. The highest BCUT2D eigenvalue weighted by Gasteiger charge is 2.37. The van der Waals surface area contributed by atoms with E-state index < -0.39 is 18.6 Å². The molecule has 1 heterocycles. The van der Waals surface area contributed by atoms with Crippen LogP contribution in [0.15, 0.2) is 4.99 Å². The summed E-state index contributed by atoms with van der Waals surface area (Å²) >= 11 is 1.31. The Hall–Kier alpha value is -0.400. The maximum Gasteiger partial charge on any atom is 0.266 e. The van der Waals surface area contributed by atoms with Crippen molar-refractivity contribution in [1.82, 2.24) is 4.90 Å². The summed E-state index contributed by atoms with van der Waals surface area (Å²) in [4.78, 5) is 5.85. The molecule has 3 unspecified atom stereocenters. The molecule has 100 valence electrons. The fraction of sp³-hybridized carbons (Fsp3) is 0.900. The van der Waals surface area contributed by atoms with E-state index in [1.54, 1.807) is 11.9 Å². The standard InChI is InChI=1S/C10H18F2N2O2S/c1-13-10(14(2)3)17-7-5-4-6(15)8(16-7)9(11)12/h6-9,15H,4-5H2,1-3H3. The van der Waals surface area contributed by atoms with Crippen LogP contribution in [-0.4, -0.2) is 60.4 Å². The third-order valence-corrected chi connectivity index (χ3v) is 3.81. The van der Waals surface area contributed by atoms with Gasteiger partial charge in [0.25, 0.3) is 6.43 Å². The Balaban J connectivity index is 2.56. The van der Waals surface area contributed by atoms with Crippen LogP contribution < -0.4 is 0 Å². The van der Waals surface area contributed by atoms with E-state index in [0.717, 1.165) is 5.17 Å². The Labute approximate surface area is 104 Å². The summed E-state index contributed by atoms with van der Waals surface area (Å²) in [6.07, 6.45) is -4.25. The van der Waals surface area contributed by atoms with E-state index in [2.05, 4.69) is 4.99 Å². The monoisotopic (exact) mass is 268 g/mol. The normalized spacial score (nSPS) is 30.8. The maximum atomic E-state index is 12.6. The summed E-state index contributed by atoms with van der Waals surface area (Å²) in [6, 6.07) is 0. The molecule has 0 amide bonds. The highest BCUT2D eigenvalue weighted by atomic mass is 32.2. The van der Waals surface area contributed by atoms with Crippen LogP contribution in [-0.2, 0) is 4.74 Å². The van der Waals surface area contributed by atoms with Gasteiger partial charge in [0.1, 0.15) is 11.5 Å². The van der Waals surface area contributed by atoms with Gasteiger partial charge in [-0.05, 0) is 12.8 Å². The van der Waals surface area contributed by atoms with E-state index in [0.29, 0.717) is 12.8 Å². The number of alkyl halides is 2. The first-order chi connectivity index (χ1) is 7.95. The molecule has 0 saturated carbocycles. The van der Waals surface area contributed by atoms with Crippen LogP contribution in [0.5, 0.6) is 0 Å². The molecule has 1 N–H and O–H groups in total. The summed E-state index contributed by atoms with van der Waals surface area (Å²) in [5, 5.41) is 10.1. The van der Waals surface area contributed by atoms with E-state index >= 15 is 0 Å². The lowest BCUT2D eigenvalue weighted by Gasteiger charge is -2.33. The molecular weight excluding hydrogens is 250 g/mol. The molecule has 0 spiro atoms. The molecule has 0 aliphatic carbocycles. The molecule has 0 aromatic heterocycles. The number of aliphatic hydroxyl groups is 1. The summed E-state index contributed by atoms with van der Waals surface area (Å²) in [5.74, 6) is 0. The van der Waals surface area contributed by atoms with Crippen molar-refractivity contribution < 1.29 is 18.6 Å². The number of hydrogen-bond donors (Lipinski definition) is 1. The van der Waals surface area contributed by atoms with E-state index in [9.17, 15) is 13.9 Å². The summed E-state index contributed by atoms with van der Waals surface area (Å²) in [5.41, 5.74) is -0.376. The Morgan fingerprint density at radius 2 is 2.12 bits per heavy atom. The molecule has 4 nitrogen and oxygen atoms in total. The number of hydrogen-bond acceptors (Lipinski definition) is 4. The van der Waals surface area contributed by atoms with Crippen LogP contribution >= 0.6 is 11.8 Å². The van der Waals surface area contributed by atoms with Crippen molar-refractivity contribution in [3.8, 4) is 0 Å². The van der Waals surface area contributed by atoms with Crippen molar-refractivity contribution in [3.63, 3.8) is 0 Å². The van der Waals surface area contributed by atoms with Crippen LogP contribution in [0, 0.1) is 0 Å². The van der Waals surface area contributed by atoms with Gasteiger partial charge in [0.15, 0.2) is 5.17 Å². The first-order valence-electron chi connectivity index (χ1n) is 5.38. The van der Waals surface area contributed by atoms with Gasteiger partial charge in [0.05, 0.1) is 6.10 Å². The van der Waals surface area contributed by atoms with E-state index in [4.69, 9.17) is 4.74 Å². The Morgan fingerprint density at radius 1 is 1.47 bits per heavy atom. The van der Waals surface area contributed by atoms with Gasteiger partial charge >= 0.3 is 0 Å². The fourth-order valence-corrected chi connectivity index (χ4v) is 2.58. The minimum atomic E-state index is -2.66. The molecule has 3 atom stereocenters. The lowest BCUT2D eigenvalue weighted by molar-refractivity contribution is -0.147. The number of halogens is 2. The second kappa shape index (κ2) is 6.51. The minimum Gasteiger partial charge on any atom is -0.390 e. The topological polar surface area (TPSA) is 45.1 Å². The molecule has 1 saturated heterocycles. The lowest BCUT2D eigenvalue weighted by atomic mass is 10.1. The molecule has 0 aromatic carbocycles. The zero-order valence-corrected chi connectivity index (χ0v) is 11.0. The highest BCUT2D eigenvalue weighted by Crippen LogP contribution is 2.31. The summed E-state index contributed by atoms with van der Waals surface area (Å²) in [6.45, 7) is 0. The molecule has 0 aromatic rings. The van der Waals surface area contributed by atoms with Gasteiger partial charge in [-0.25, -0.2) is 8.78 Å². The number of nitrogens with zero attached hydrogens (tertiary/aromatic N) is 2. The third-order valence-electron chi connectivity index (χ3n) is 2.45. The first-order valence-corrected chi connectivity index (χ1v) is 6.26. The molecular formula is C10H18F2N2O2S. The van der Waals surface area contributed by atoms with Gasteiger partial charge in [0, 0.05) is 21.1 Å². The number of ether oxygens (including phenoxy) is 1. The Kier molecular flexibility index (Phi) is 5.61. The molecule has 1 aliphatic rings. The van der Waals surface area contributed by atoms with Crippen LogP contribution in [0.25, 0.3) is 0 Å². The first kappa shape index (κ1) is 14.7. The summed E-state index contributed by atoms with van der Waals surface area (Å²) < 4.78 is 30.4. The van der Waals surface area contributed by atoms with Gasteiger partial charge < -0.3 is 14.7 Å². The zero-order valence-electron chi connectivity index (χ0n) is 10.1. The second-order valence-electron chi connectivity index (χ2n) is 4.03. The summed E-state index contributed by atoms with van der Waals surface area (Å²) in [7, 11) is 5.31.